The molecule has 2 aromatic rings. The van der Waals surface area contributed by atoms with Gasteiger partial charge in [0.2, 0.25) is 5.91 Å². The Balaban J connectivity index is 1.99. The molecule has 0 aliphatic carbocycles. The zero-order valence-corrected chi connectivity index (χ0v) is 14.4. The number of rotatable bonds is 5. The van der Waals surface area contributed by atoms with Crippen molar-refractivity contribution in [3.63, 3.8) is 0 Å². The quantitative estimate of drug-likeness (QED) is 0.849. The molecule has 0 aliphatic heterocycles. The van der Waals surface area contributed by atoms with Gasteiger partial charge in [0, 0.05) is 25.3 Å². The summed E-state index contributed by atoms with van der Waals surface area (Å²) in [6, 6.07) is 15.4. The van der Waals surface area contributed by atoms with Crippen molar-refractivity contribution in [2.45, 2.75) is 20.0 Å². The molecule has 0 fully saturated rings. The van der Waals surface area contributed by atoms with Gasteiger partial charge in [0.05, 0.1) is 5.56 Å². The van der Waals surface area contributed by atoms with E-state index in [-0.39, 0.29) is 11.8 Å². The summed E-state index contributed by atoms with van der Waals surface area (Å²) in [5.74, 6) is -1.12. The van der Waals surface area contributed by atoms with E-state index in [1.165, 1.54) is 30.9 Å². The van der Waals surface area contributed by atoms with Crippen molar-refractivity contribution in [3.8, 4) is 0 Å². The SMILES string of the molecule is CC(=O)Nc1ccc(C(=O)O[C@@H](C)C(=O)N(C)c2ccccc2)cc1. The maximum absolute atomic E-state index is 12.4. The lowest BCUT2D eigenvalue weighted by Gasteiger charge is -2.21. The van der Waals surface area contributed by atoms with E-state index in [9.17, 15) is 14.4 Å². The van der Waals surface area contributed by atoms with E-state index in [0.717, 1.165) is 5.69 Å². The molecule has 0 heterocycles. The minimum Gasteiger partial charge on any atom is -0.449 e. The number of para-hydroxylation sites is 1. The summed E-state index contributed by atoms with van der Waals surface area (Å²) in [6.07, 6.45) is -0.923. The van der Waals surface area contributed by atoms with Crippen LogP contribution >= 0.6 is 0 Å². The standard InChI is InChI=1S/C19H20N2O4/c1-13(18(23)21(3)17-7-5-4-6-8-17)25-19(24)15-9-11-16(12-10-15)20-14(2)22/h4-13H,1-3H3,(H,20,22)/t13-/m0/s1. The Bertz CT molecular complexity index is 757. The molecule has 130 valence electrons. The van der Waals surface area contributed by atoms with E-state index in [2.05, 4.69) is 5.32 Å². The molecule has 2 aromatic carbocycles. The summed E-state index contributed by atoms with van der Waals surface area (Å²) in [6.45, 7) is 2.93. The van der Waals surface area contributed by atoms with Gasteiger partial charge in [-0.1, -0.05) is 18.2 Å². The third-order valence-electron chi connectivity index (χ3n) is 3.55. The molecular weight excluding hydrogens is 320 g/mol. The highest BCUT2D eigenvalue weighted by Crippen LogP contribution is 2.15. The van der Waals surface area contributed by atoms with E-state index in [1.54, 1.807) is 31.3 Å². The van der Waals surface area contributed by atoms with E-state index in [1.807, 2.05) is 18.2 Å². The second kappa shape index (κ2) is 8.10. The van der Waals surface area contributed by atoms with Gasteiger partial charge in [-0.2, -0.15) is 0 Å². The predicted octanol–water partition coefficient (Wildman–Crippen LogP) is 2.85. The van der Waals surface area contributed by atoms with Crippen LogP contribution in [-0.4, -0.2) is 30.9 Å². The number of benzene rings is 2. The first kappa shape index (κ1) is 18.2. The number of nitrogens with zero attached hydrogens (tertiary/aromatic N) is 1. The van der Waals surface area contributed by atoms with Gasteiger partial charge >= 0.3 is 5.97 Å². The average molecular weight is 340 g/mol. The summed E-state index contributed by atoms with van der Waals surface area (Å²) < 4.78 is 5.24. The molecule has 2 rings (SSSR count). The molecular formula is C19H20N2O4. The lowest BCUT2D eigenvalue weighted by molar-refractivity contribution is -0.126. The summed E-state index contributed by atoms with van der Waals surface area (Å²) in [7, 11) is 1.63. The largest absolute Gasteiger partial charge is 0.449 e. The zero-order chi connectivity index (χ0) is 18.4. The van der Waals surface area contributed by atoms with Crippen LogP contribution in [0, 0.1) is 0 Å². The van der Waals surface area contributed by atoms with Gasteiger partial charge in [-0.05, 0) is 43.3 Å². The molecule has 25 heavy (non-hydrogen) atoms. The van der Waals surface area contributed by atoms with Crippen molar-refractivity contribution >= 4 is 29.2 Å². The van der Waals surface area contributed by atoms with Crippen LogP contribution in [0.5, 0.6) is 0 Å². The highest BCUT2D eigenvalue weighted by molar-refractivity contribution is 5.98. The average Bonchev–Trinajstić information content (AvgIpc) is 2.61. The van der Waals surface area contributed by atoms with E-state index in [0.29, 0.717) is 11.3 Å². The molecule has 0 radical (unpaired) electrons. The smallest absolute Gasteiger partial charge is 0.338 e. The molecule has 0 bridgehead atoms. The molecule has 6 nitrogen and oxygen atoms in total. The van der Waals surface area contributed by atoms with Crippen molar-refractivity contribution in [2.24, 2.45) is 0 Å². The fourth-order valence-corrected chi connectivity index (χ4v) is 2.22. The number of carbonyl (C=O) groups excluding carboxylic acids is 3. The van der Waals surface area contributed by atoms with Crippen LogP contribution in [0.4, 0.5) is 11.4 Å². The fraction of sp³-hybridized carbons (Fsp3) is 0.211. The van der Waals surface area contributed by atoms with Crippen molar-refractivity contribution in [3.05, 3.63) is 60.2 Å². The Hall–Kier alpha value is -3.15. The van der Waals surface area contributed by atoms with Crippen molar-refractivity contribution < 1.29 is 19.1 Å². The third-order valence-corrected chi connectivity index (χ3v) is 3.55. The van der Waals surface area contributed by atoms with Gasteiger partial charge in [-0.15, -0.1) is 0 Å². The topological polar surface area (TPSA) is 75.7 Å². The molecule has 0 aliphatic rings. The first-order chi connectivity index (χ1) is 11.9. The van der Waals surface area contributed by atoms with Crippen molar-refractivity contribution in [1.29, 1.82) is 0 Å². The van der Waals surface area contributed by atoms with Crippen LogP contribution < -0.4 is 10.2 Å². The van der Waals surface area contributed by atoms with Gasteiger partial charge in [0.15, 0.2) is 6.10 Å². The Morgan fingerprint density at radius 3 is 2.16 bits per heavy atom. The van der Waals surface area contributed by atoms with Crippen LogP contribution in [0.2, 0.25) is 0 Å². The Morgan fingerprint density at radius 1 is 1.00 bits per heavy atom. The summed E-state index contributed by atoms with van der Waals surface area (Å²) in [5.41, 5.74) is 1.60. The minimum atomic E-state index is -0.923. The minimum absolute atomic E-state index is 0.196. The molecule has 1 N–H and O–H groups in total. The number of likely N-dealkylation sites (N-methyl/N-ethyl adjacent to an activating group) is 1. The molecule has 0 unspecified atom stereocenters. The molecule has 6 heteroatoms. The van der Waals surface area contributed by atoms with Gasteiger partial charge in [-0.25, -0.2) is 4.79 Å². The summed E-state index contributed by atoms with van der Waals surface area (Å²) in [4.78, 5) is 37.0. The van der Waals surface area contributed by atoms with Gasteiger partial charge in [-0.3, -0.25) is 9.59 Å². The first-order valence-corrected chi connectivity index (χ1v) is 7.79. The van der Waals surface area contributed by atoms with Gasteiger partial charge < -0.3 is 15.0 Å². The molecule has 0 saturated carbocycles. The van der Waals surface area contributed by atoms with E-state index in [4.69, 9.17) is 4.74 Å². The summed E-state index contributed by atoms with van der Waals surface area (Å²) in [5, 5.41) is 2.61. The maximum atomic E-state index is 12.4. The number of hydrogen-bond acceptors (Lipinski definition) is 4. The second-order valence-electron chi connectivity index (χ2n) is 5.54. The van der Waals surface area contributed by atoms with E-state index >= 15 is 0 Å². The third kappa shape index (κ3) is 4.91. The number of esters is 1. The van der Waals surface area contributed by atoms with Gasteiger partial charge in [0.1, 0.15) is 0 Å². The first-order valence-electron chi connectivity index (χ1n) is 7.79. The molecule has 0 spiro atoms. The number of ether oxygens (including phenoxy) is 1. The maximum Gasteiger partial charge on any atom is 0.338 e. The molecule has 2 amide bonds. The highest BCUT2D eigenvalue weighted by atomic mass is 16.5. The van der Waals surface area contributed by atoms with Crippen LogP contribution in [0.25, 0.3) is 0 Å². The monoisotopic (exact) mass is 340 g/mol. The lowest BCUT2D eigenvalue weighted by Crippen LogP contribution is -2.37. The Morgan fingerprint density at radius 2 is 1.60 bits per heavy atom. The summed E-state index contributed by atoms with van der Waals surface area (Å²) >= 11 is 0. The van der Waals surface area contributed by atoms with Crippen molar-refractivity contribution in [2.75, 3.05) is 17.3 Å². The highest BCUT2D eigenvalue weighted by Gasteiger charge is 2.23. The normalized spacial score (nSPS) is 11.3. The van der Waals surface area contributed by atoms with E-state index < -0.39 is 12.1 Å². The zero-order valence-electron chi connectivity index (χ0n) is 14.4. The number of hydrogen-bond donors (Lipinski definition) is 1. The fourth-order valence-electron chi connectivity index (χ4n) is 2.22. The molecule has 0 aromatic heterocycles. The molecule has 0 saturated heterocycles. The Labute approximate surface area is 146 Å². The van der Waals surface area contributed by atoms with Crippen LogP contribution in [0.1, 0.15) is 24.2 Å². The predicted molar refractivity (Wildman–Crippen MR) is 95.5 cm³/mol. The number of nitrogens with one attached hydrogen (secondary N) is 1. The van der Waals surface area contributed by atoms with Crippen LogP contribution in [0.3, 0.4) is 0 Å². The lowest BCUT2D eigenvalue weighted by atomic mass is 10.2. The van der Waals surface area contributed by atoms with Crippen LogP contribution in [-0.2, 0) is 14.3 Å². The Kier molecular flexibility index (Phi) is 5.89. The van der Waals surface area contributed by atoms with Crippen LogP contribution in [0.15, 0.2) is 54.6 Å². The van der Waals surface area contributed by atoms with Gasteiger partial charge in [0.25, 0.3) is 5.91 Å². The van der Waals surface area contributed by atoms with Crippen molar-refractivity contribution in [1.82, 2.24) is 0 Å². The number of carbonyl (C=O) groups is 3. The number of amides is 2. The molecule has 1 atom stereocenters. The second-order valence-corrected chi connectivity index (χ2v) is 5.54. The number of anilines is 2.